The van der Waals surface area contributed by atoms with E-state index in [0.29, 0.717) is 40.0 Å². The van der Waals surface area contributed by atoms with Crippen molar-refractivity contribution in [2.24, 2.45) is 0 Å². The number of carbonyl (C=O) groups is 3. The van der Waals surface area contributed by atoms with E-state index in [2.05, 4.69) is 5.32 Å². The Morgan fingerprint density at radius 2 is 1.68 bits per heavy atom. The molecule has 1 aliphatic heterocycles. The summed E-state index contributed by atoms with van der Waals surface area (Å²) in [6.45, 7) is 2.49. The van der Waals surface area contributed by atoms with Gasteiger partial charge in [-0.15, -0.1) is 0 Å². The van der Waals surface area contributed by atoms with Crippen molar-refractivity contribution in [2.45, 2.75) is 25.8 Å². The second-order valence-corrected chi connectivity index (χ2v) is 9.23. The number of rotatable bonds is 9. The topological polar surface area (TPSA) is 78.9 Å². The van der Waals surface area contributed by atoms with Crippen molar-refractivity contribution in [3.05, 3.63) is 95.0 Å². The second-order valence-electron chi connectivity index (χ2n) is 8.43. The predicted octanol–water partition coefficient (Wildman–Crippen LogP) is 5.09. The van der Waals surface area contributed by atoms with Crippen molar-refractivity contribution in [1.29, 1.82) is 0 Å². The quantitative estimate of drug-likeness (QED) is 0.304. The lowest BCUT2D eigenvalue weighted by Crippen LogP contribution is -2.39. The van der Waals surface area contributed by atoms with Gasteiger partial charge < -0.3 is 15.0 Å². The number of hydrogen-bond acceptors (Lipinski definition) is 5. The number of esters is 1. The summed E-state index contributed by atoms with van der Waals surface area (Å²) in [5.74, 6) is -1.04. The molecule has 1 fully saturated rings. The largest absolute Gasteiger partial charge is 0.462 e. The van der Waals surface area contributed by atoms with Gasteiger partial charge in [0.25, 0.3) is 5.91 Å². The lowest BCUT2D eigenvalue weighted by molar-refractivity contribution is -0.124. The fraction of sp³-hybridized carbons (Fsp3) is 0.214. The maximum atomic E-state index is 13.5. The highest BCUT2D eigenvalue weighted by Crippen LogP contribution is 2.29. The zero-order chi connectivity index (χ0) is 26.4. The van der Waals surface area contributed by atoms with Gasteiger partial charge in [0.15, 0.2) is 5.11 Å². The molecular formula is C28H26ClN3O4S. The Bertz CT molecular complexity index is 1280. The minimum atomic E-state index is -0.759. The van der Waals surface area contributed by atoms with Gasteiger partial charge >= 0.3 is 5.97 Å². The third-order valence-corrected chi connectivity index (χ3v) is 6.62. The number of ether oxygens (including phenoxy) is 1. The average Bonchev–Trinajstić information content (AvgIpc) is 3.12. The molecule has 2 amide bonds. The van der Waals surface area contributed by atoms with E-state index in [0.717, 1.165) is 5.56 Å². The summed E-state index contributed by atoms with van der Waals surface area (Å²) in [5, 5.41) is 3.70. The van der Waals surface area contributed by atoms with Crippen molar-refractivity contribution in [3.63, 3.8) is 0 Å². The van der Waals surface area contributed by atoms with Crippen LogP contribution in [0.25, 0.3) is 0 Å². The van der Waals surface area contributed by atoms with Crippen LogP contribution >= 0.6 is 23.8 Å². The minimum Gasteiger partial charge on any atom is -0.462 e. The molecule has 37 heavy (non-hydrogen) atoms. The number of nitrogens with zero attached hydrogens (tertiary/aromatic N) is 2. The van der Waals surface area contributed by atoms with Crippen LogP contribution in [0.5, 0.6) is 0 Å². The maximum Gasteiger partial charge on any atom is 0.338 e. The normalized spacial score (nSPS) is 15.1. The molecular weight excluding hydrogens is 510 g/mol. The molecule has 0 saturated carbocycles. The van der Waals surface area contributed by atoms with Gasteiger partial charge in [0.1, 0.15) is 6.04 Å². The molecule has 1 atom stereocenters. The van der Waals surface area contributed by atoms with Crippen molar-refractivity contribution < 1.29 is 19.1 Å². The average molecular weight is 536 g/mol. The third kappa shape index (κ3) is 6.34. The van der Waals surface area contributed by atoms with Crippen LogP contribution in [-0.4, -0.2) is 47.0 Å². The SMILES string of the molecule is CCOC(=O)c1ccc(NC(=O)C[C@@H]2C(=O)N(c3ccc(Cl)cc3)C(=S)N2CCc2ccccc2)cc1. The number of carbonyl (C=O) groups excluding carboxylic acids is 3. The summed E-state index contributed by atoms with van der Waals surface area (Å²) in [6.07, 6.45) is 0.577. The molecule has 0 aromatic heterocycles. The number of hydrogen-bond donors (Lipinski definition) is 1. The molecule has 1 saturated heterocycles. The van der Waals surface area contributed by atoms with Crippen molar-refractivity contribution >= 4 is 58.1 Å². The van der Waals surface area contributed by atoms with Gasteiger partial charge in [0, 0.05) is 17.3 Å². The Morgan fingerprint density at radius 3 is 2.32 bits per heavy atom. The molecule has 190 valence electrons. The summed E-state index contributed by atoms with van der Waals surface area (Å²) in [6, 6.07) is 22.4. The number of thiocarbonyl (C=S) groups is 1. The Morgan fingerprint density at radius 1 is 1.00 bits per heavy atom. The molecule has 3 aromatic rings. The zero-order valence-electron chi connectivity index (χ0n) is 20.2. The molecule has 3 aromatic carbocycles. The van der Waals surface area contributed by atoms with Crippen LogP contribution in [0, 0.1) is 0 Å². The summed E-state index contributed by atoms with van der Waals surface area (Å²) in [4.78, 5) is 41.6. The first-order valence-corrected chi connectivity index (χ1v) is 12.7. The van der Waals surface area contributed by atoms with Gasteiger partial charge in [-0.05, 0) is 79.7 Å². The molecule has 9 heteroatoms. The monoisotopic (exact) mass is 535 g/mol. The molecule has 1 N–H and O–H groups in total. The second kappa shape index (κ2) is 12.0. The van der Waals surface area contributed by atoms with Crippen molar-refractivity contribution in [1.82, 2.24) is 4.90 Å². The first kappa shape index (κ1) is 26.3. The van der Waals surface area contributed by atoms with Gasteiger partial charge in [0.2, 0.25) is 5.91 Å². The van der Waals surface area contributed by atoms with Crippen LogP contribution in [0.4, 0.5) is 11.4 Å². The van der Waals surface area contributed by atoms with Crippen LogP contribution in [0.3, 0.4) is 0 Å². The van der Waals surface area contributed by atoms with Crippen molar-refractivity contribution in [2.75, 3.05) is 23.4 Å². The molecule has 1 aliphatic rings. The molecule has 7 nitrogen and oxygen atoms in total. The highest BCUT2D eigenvalue weighted by atomic mass is 35.5. The molecule has 0 spiro atoms. The standard InChI is InChI=1S/C28H26ClN3O4S/c1-2-36-27(35)20-8-12-22(13-9-20)30-25(33)18-24-26(34)32(23-14-10-21(29)11-15-23)28(37)31(24)17-16-19-6-4-3-5-7-19/h3-15,24H,2,16-18H2,1H3,(H,30,33)/t24-/m1/s1. The van der Waals surface area contributed by atoms with Crippen LogP contribution in [0.2, 0.25) is 5.02 Å². The molecule has 1 heterocycles. The Labute approximate surface area is 226 Å². The Balaban J connectivity index is 1.50. The summed E-state index contributed by atoms with van der Waals surface area (Å²) in [7, 11) is 0. The number of benzene rings is 3. The lowest BCUT2D eigenvalue weighted by Gasteiger charge is -2.24. The van der Waals surface area contributed by atoms with E-state index in [9.17, 15) is 14.4 Å². The Kier molecular flexibility index (Phi) is 8.53. The number of nitrogens with one attached hydrogen (secondary N) is 1. The molecule has 4 rings (SSSR count). The minimum absolute atomic E-state index is 0.0858. The van der Waals surface area contributed by atoms with E-state index in [1.807, 2.05) is 35.2 Å². The number of amides is 2. The summed E-state index contributed by atoms with van der Waals surface area (Å²) < 4.78 is 4.99. The van der Waals surface area contributed by atoms with Gasteiger partial charge in [-0.25, -0.2) is 4.79 Å². The highest BCUT2D eigenvalue weighted by Gasteiger charge is 2.43. The lowest BCUT2D eigenvalue weighted by atomic mass is 10.1. The van der Waals surface area contributed by atoms with E-state index < -0.39 is 12.0 Å². The van der Waals surface area contributed by atoms with E-state index in [4.69, 9.17) is 28.6 Å². The van der Waals surface area contributed by atoms with Gasteiger partial charge in [-0.2, -0.15) is 0 Å². The van der Waals surface area contributed by atoms with Gasteiger partial charge in [-0.1, -0.05) is 41.9 Å². The van der Waals surface area contributed by atoms with Gasteiger partial charge in [0.05, 0.1) is 24.3 Å². The third-order valence-electron chi connectivity index (χ3n) is 5.95. The van der Waals surface area contributed by atoms with E-state index in [1.54, 1.807) is 55.5 Å². The molecule has 0 bridgehead atoms. The Hall–Kier alpha value is -3.75. The fourth-order valence-electron chi connectivity index (χ4n) is 4.10. The van der Waals surface area contributed by atoms with Crippen LogP contribution < -0.4 is 10.2 Å². The maximum absolute atomic E-state index is 13.5. The van der Waals surface area contributed by atoms with Crippen LogP contribution in [0.15, 0.2) is 78.9 Å². The predicted molar refractivity (Wildman–Crippen MR) is 148 cm³/mol. The molecule has 0 radical (unpaired) electrons. The molecule has 0 unspecified atom stereocenters. The number of halogens is 1. The van der Waals surface area contributed by atoms with Crippen molar-refractivity contribution in [3.8, 4) is 0 Å². The van der Waals surface area contributed by atoms with E-state index in [1.165, 1.54) is 4.90 Å². The summed E-state index contributed by atoms with van der Waals surface area (Å²) in [5.41, 5.74) is 2.60. The first-order valence-electron chi connectivity index (χ1n) is 11.9. The smallest absolute Gasteiger partial charge is 0.338 e. The summed E-state index contributed by atoms with van der Waals surface area (Å²) >= 11 is 11.7. The van der Waals surface area contributed by atoms with Crippen LogP contribution in [0.1, 0.15) is 29.3 Å². The van der Waals surface area contributed by atoms with Crippen LogP contribution in [-0.2, 0) is 20.7 Å². The highest BCUT2D eigenvalue weighted by molar-refractivity contribution is 7.80. The zero-order valence-corrected chi connectivity index (χ0v) is 21.8. The molecule has 0 aliphatic carbocycles. The van der Waals surface area contributed by atoms with Gasteiger partial charge in [-0.3, -0.25) is 14.5 Å². The fourth-order valence-corrected chi connectivity index (χ4v) is 4.64. The van der Waals surface area contributed by atoms with E-state index >= 15 is 0 Å². The first-order chi connectivity index (χ1) is 17.9. The number of anilines is 2. The van der Waals surface area contributed by atoms with E-state index in [-0.39, 0.29) is 24.8 Å².